The van der Waals surface area contributed by atoms with Crippen molar-refractivity contribution in [3.05, 3.63) is 0 Å². The molecule has 0 rings (SSSR count). The zero-order valence-electron chi connectivity index (χ0n) is 12.1. The minimum absolute atomic E-state index is 0.137. The number of rotatable bonds is 8. The van der Waals surface area contributed by atoms with Crippen LogP contribution in [0.25, 0.3) is 0 Å². The largest absolute Gasteiger partial charge is 0.314 e. The summed E-state index contributed by atoms with van der Waals surface area (Å²) in [6.07, 6.45) is 0. The van der Waals surface area contributed by atoms with E-state index in [1.807, 2.05) is 41.5 Å². The third kappa shape index (κ3) is 15.8. The number of hydroxylamine groups is 2. The Morgan fingerprint density at radius 2 is 1.00 bits per heavy atom. The predicted octanol–water partition coefficient (Wildman–Crippen LogP) is 1.22. The second-order valence-corrected chi connectivity index (χ2v) is 5.97. The number of hydrogen-bond donors (Lipinski definition) is 3. The van der Waals surface area contributed by atoms with Gasteiger partial charge in [-0.05, 0) is 41.5 Å². The highest BCUT2D eigenvalue weighted by Crippen LogP contribution is 2.03. The molecule has 0 aromatic carbocycles. The van der Waals surface area contributed by atoms with Crippen LogP contribution in [-0.4, -0.2) is 37.4 Å². The van der Waals surface area contributed by atoms with Crippen LogP contribution < -0.4 is 16.3 Å². The van der Waals surface area contributed by atoms with Crippen molar-refractivity contribution in [2.24, 2.45) is 0 Å². The van der Waals surface area contributed by atoms with Crippen molar-refractivity contribution in [1.29, 1.82) is 0 Å². The molecule has 0 aliphatic heterocycles. The standard InChI is InChI=1S/C12H29N3O2/c1-11(2,3)16-14-9-7-13-8-10-15-17-12(4,5)6/h13-15H,7-10H2,1-6H3. The van der Waals surface area contributed by atoms with Gasteiger partial charge in [0.2, 0.25) is 0 Å². The molecule has 0 amide bonds. The molecule has 0 spiro atoms. The van der Waals surface area contributed by atoms with Crippen LogP contribution >= 0.6 is 0 Å². The smallest absolute Gasteiger partial charge is 0.0812 e. The molecule has 0 heterocycles. The third-order valence-corrected chi connectivity index (χ3v) is 1.56. The normalized spacial score (nSPS) is 13.1. The molecule has 0 saturated carbocycles. The van der Waals surface area contributed by atoms with E-state index in [-0.39, 0.29) is 11.2 Å². The maximum atomic E-state index is 5.37. The van der Waals surface area contributed by atoms with E-state index in [1.165, 1.54) is 0 Å². The fraction of sp³-hybridized carbons (Fsp3) is 1.00. The molecule has 5 heteroatoms. The minimum Gasteiger partial charge on any atom is -0.314 e. The van der Waals surface area contributed by atoms with Crippen molar-refractivity contribution < 1.29 is 9.68 Å². The maximum Gasteiger partial charge on any atom is 0.0812 e. The second kappa shape index (κ2) is 8.00. The Labute approximate surface area is 106 Å². The number of hydrogen-bond acceptors (Lipinski definition) is 5. The molecule has 5 nitrogen and oxygen atoms in total. The van der Waals surface area contributed by atoms with Crippen molar-refractivity contribution in [3.8, 4) is 0 Å². The lowest BCUT2D eigenvalue weighted by Gasteiger charge is -2.20. The van der Waals surface area contributed by atoms with Crippen LogP contribution in [0.5, 0.6) is 0 Å². The van der Waals surface area contributed by atoms with Crippen LogP contribution in [0.4, 0.5) is 0 Å². The fourth-order valence-corrected chi connectivity index (χ4v) is 0.939. The summed E-state index contributed by atoms with van der Waals surface area (Å²) in [5.74, 6) is 0. The average molecular weight is 247 g/mol. The summed E-state index contributed by atoms with van der Waals surface area (Å²) in [7, 11) is 0. The van der Waals surface area contributed by atoms with E-state index in [9.17, 15) is 0 Å². The first-order chi connectivity index (χ1) is 7.71. The summed E-state index contributed by atoms with van der Waals surface area (Å²) in [6, 6.07) is 0. The van der Waals surface area contributed by atoms with Gasteiger partial charge in [-0.2, -0.15) is 0 Å². The van der Waals surface area contributed by atoms with Crippen LogP contribution in [0.2, 0.25) is 0 Å². The molecule has 0 saturated heterocycles. The first-order valence-electron chi connectivity index (χ1n) is 6.23. The topological polar surface area (TPSA) is 54.5 Å². The zero-order valence-corrected chi connectivity index (χ0v) is 12.1. The molecule has 0 atom stereocenters. The van der Waals surface area contributed by atoms with Gasteiger partial charge < -0.3 is 5.32 Å². The summed E-state index contributed by atoms with van der Waals surface area (Å²) in [5.41, 5.74) is 5.58. The lowest BCUT2D eigenvalue weighted by molar-refractivity contribution is -0.0735. The summed E-state index contributed by atoms with van der Waals surface area (Å²) in [5, 5.41) is 3.27. The van der Waals surface area contributed by atoms with E-state index in [2.05, 4.69) is 16.3 Å². The quantitative estimate of drug-likeness (QED) is 0.445. The van der Waals surface area contributed by atoms with Crippen LogP contribution in [-0.2, 0) is 9.68 Å². The Morgan fingerprint density at radius 1 is 0.647 bits per heavy atom. The lowest BCUT2D eigenvalue weighted by atomic mass is 10.2. The highest BCUT2D eigenvalue weighted by atomic mass is 16.7. The van der Waals surface area contributed by atoms with Crippen molar-refractivity contribution in [3.63, 3.8) is 0 Å². The molecule has 0 aliphatic rings. The Hall–Kier alpha value is -0.200. The van der Waals surface area contributed by atoms with Crippen LogP contribution in [0.15, 0.2) is 0 Å². The molecule has 17 heavy (non-hydrogen) atoms. The SMILES string of the molecule is CC(C)(C)ONCCNCCNOC(C)(C)C. The summed E-state index contributed by atoms with van der Waals surface area (Å²) < 4.78 is 0. The van der Waals surface area contributed by atoms with E-state index >= 15 is 0 Å². The molecule has 0 fully saturated rings. The monoisotopic (exact) mass is 247 g/mol. The predicted molar refractivity (Wildman–Crippen MR) is 70.6 cm³/mol. The van der Waals surface area contributed by atoms with Gasteiger partial charge in [0.25, 0.3) is 0 Å². The molecule has 0 radical (unpaired) electrons. The average Bonchev–Trinajstić information content (AvgIpc) is 2.11. The van der Waals surface area contributed by atoms with Crippen molar-refractivity contribution in [2.45, 2.75) is 52.7 Å². The van der Waals surface area contributed by atoms with Gasteiger partial charge in [-0.15, -0.1) is 0 Å². The second-order valence-electron chi connectivity index (χ2n) is 5.97. The molecule has 3 N–H and O–H groups in total. The lowest BCUT2D eigenvalue weighted by Crippen LogP contribution is -2.37. The van der Waals surface area contributed by atoms with Gasteiger partial charge in [0.1, 0.15) is 0 Å². The van der Waals surface area contributed by atoms with Gasteiger partial charge in [-0.1, -0.05) is 0 Å². The first kappa shape index (κ1) is 16.8. The van der Waals surface area contributed by atoms with Gasteiger partial charge in [0.15, 0.2) is 0 Å². The van der Waals surface area contributed by atoms with Gasteiger partial charge in [0, 0.05) is 26.2 Å². The highest BCUT2D eigenvalue weighted by Gasteiger charge is 2.10. The van der Waals surface area contributed by atoms with Gasteiger partial charge in [-0.3, -0.25) is 9.68 Å². The summed E-state index contributed by atoms with van der Waals surface area (Å²) >= 11 is 0. The van der Waals surface area contributed by atoms with Crippen molar-refractivity contribution in [1.82, 2.24) is 16.3 Å². The molecule has 104 valence electrons. The maximum absolute atomic E-state index is 5.37. The zero-order chi connectivity index (χ0) is 13.4. The highest BCUT2D eigenvalue weighted by molar-refractivity contribution is 4.58. The Morgan fingerprint density at radius 3 is 1.29 bits per heavy atom. The number of nitrogens with one attached hydrogen (secondary N) is 3. The van der Waals surface area contributed by atoms with Gasteiger partial charge in [-0.25, -0.2) is 11.0 Å². The van der Waals surface area contributed by atoms with Crippen LogP contribution in [0.1, 0.15) is 41.5 Å². The van der Waals surface area contributed by atoms with Crippen molar-refractivity contribution >= 4 is 0 Å². The molecule has 0 aromatic rings. The molecule has 0 aromatic heterocycles. The molecule has 0 aliphatic carbocycles. The van der Waals surface area contributed by atoms with E-state index in [0.717, 1.165) is 26.2 Å². The molecule has 0 unspecified atom stereocenters. The molecular formula is C12H29N3O2. The Balaban J connectivity index is 3.15. The molecular weight excluding hydrogens is 218 g/mol. The first-order valence-corrected chi connectivity index (χ1v) is 6.23. The summed E-state index contributed by atoms with van der Waals surface area (Å²) in [4.78, 5) is 10.7. The van der Waals surface area contributed by atoms with E-state index in [1.54, 1.807) is 0 Å². The Bertz CT molecular complexity index is 165. The molecule has 0 bridgehead atoms. The Kier molecular flexibility index (Phi) is 7.91. The summed E-state index contributed by atoms with van der Waals surface area (Å²) in [6.45, 7) is 15.4. The van der Waals surface area contributed by atoms with Gasteiger partial charge in [0.05, 0.1) is 11.2 Å². The third-order valence-electron chi connectivity index (χ3n) is 1.56. The van der Waals surface area contributed by atoms with Crippen molar-refractivity contribution in [2.75, 3.05) is 26.2 Å². The minimum atomic E-state index is -0.137. The van der Waals surface area contributed by atoms with Crippen LogP contribution in [0.3, 0.4) is 0 Å². The fourth-order valence-electron chi connectivity index (χ4n) is 0.939. The van der Waals surface area contributed by atoms with E-state index in [4.69, 9.17) is 9.68 Å². The van der Waals surface area contributed by atoms with E-state index < -0.39 is 0 Å². The van der Waals surface area contributed by atoms with Crippen LogP contribution in [0, 0.1) is 0 Å². The van der Waals surface area contributed by atoms with Gasteiger partial charge >= 0.3 is 0 Å². The van der Waals surface area contributed by atoms with E-state index in [0.29, 0.717) is 0 Å².